The van der Waals surface area contributed by atoms with E-state index in [9.17, 15) is 0 Å². The van der Waals surface area contributed by atoms with Gasteiger partial charge in [-0.05, 0) is 42.8 Å². The summed E-state index contributed by atoms with van der Waals surface area (Å²) in [4.78, 5) is 4.74. The van der Waals surface area contributed by atoms with Crippen LogP contribution in [0.15, 0.2) is 18.2 Å². The fraction of sp³-hybridized carbons (Fsp3) is 0.588. The Labute approximate surface area is 153 Å². The van der Waals surface area contributed by atoms with Crippen LogP contribution in [0.25, 0.3) is 0 Å². The fourth-order valence-electron chi connectivity index (χ4n) is 3.34. The lowest BCUT2D eigenvalue weighted by atomic mass is 10.2. The molecular formula is C17H23Cl2N3S. The Morgan fingerprint density at radius 3 is 2.43 bits per heavy atom. The Bertz CT molecular complexity index is 553. The number of hydrogen-bond acceptors (Lipinski definition) is 2. The van der Waals surface area contributed by atoms with Gasteiger partial charge in [-0.15, -0.1) is 0 Å². The maximum absolute atomic E-state index is 6.09. The van der Waals surface area contributed by atoms with E-state index in [1.54, 1.807) is 0 Å². The Morgan fingerprint density at radius 1 is 1.09 bits per heavy atom. The monoisotopic (exact) mass is 371 g/mol. The van der Waals surface area contributed by atoms with Gasteiger partial charge in [0.25, 0.3) is 0 Å². The van der Waals surface area contributed by atoms with Gasteiger partial charge in [0.05, 0.1) is 10.0 Å². The third-order valence-electron chi connectivity index (χ3n) is 4.73. The van der Waals surface area contributed by atoms with Crippen molar-refractivity contribution in [1.29, 1.82) is 0 Å². The number of nitrogens with one attached hydrogen (secondary N) is 1. The molecule has 1 N–H and O–H groups in total. The Morgan fingerprint density at radius 2 is 1.78 bits per heavy atom. The third kappa shape index (κ3) is 4.72. The molecule has 2 fully saturated rings. The molecule has 0 amide bonds. The molecule has 3 nitrogen and oxygen atoms in total. The van der Waals surface area contributed by atoms with Crippen molar-refractivity contribution in [1.82, 2.24) is 15.1 Å². The molecule has 1 saturated carbocycles. The molecule has 1 saturated heterocycles. The Hall–Kier alpha value is -0.550. The molecule has 1 heterocycles. The van der Waals surface area contributed by atoms with Crippen LogP contribution >= 0.6 is 35.4 Å². The van der Waals surface area contributed by atoms with Gasteiger partial charge in [-0.25, -0.2) is 0 Å². The van der Waals surface area contributed by atoms with Crippen molar-refractivity contribution < 1.29 is 0 Å². The first-order valence-corrected chi connectivity index (χ1v) is 9.50. The van der Waals surface area contributed by atoms with E-state index in [2.05, 4.69) is 15.1 Å². The zero-order valence-corrected chi connectivity index (χ0v) is 15.6. The topological polar surface area (TPSA) is 18.5 Å². The first-order valence-electron chi connectivity index (χ1n) is 8.33. The lowest BCUT2D eigenvalue weighted by Crippen LogP contribution is -2.52. The summed E-state index contributed by atoms with van der Waals surface area (Å²) in [5, 5.41) is 5.71. The van der Waals surface area contributed by atoms with Crippen LogP contribution in [-0.4, -0.2) is 47.1 Å². The van der Waals surface area contributed by atoms with E-state index in [0.29, 0.717) is 16.1 Å². The van der Waals surface area contributed by atoms with E-state index in [4.69, 9.17) is 35.4 Å². The highest BCUT2D eigenvalue weighted by Gasteiger charge is 2.22. The zero-order valence-electron chi connectivity index (χ0n) is 13.2. The van der Waals surface area contributed by atoms with Crippen LogP contribution in [0.2, 0.25) is 10.0 Å². The molecule has 0 atom stereocenters. The molecule has 6 heteroatoms. The molecule has 0 unspecified atom stereocenters. The molecule has 3 rings (SSSR count). The molecule has 1 aliphatic carbocycles. The van der Waals surface area contributed by atoms with Crippen LogP contribution in [0.5, 0.6) is 0 Å². The van der Waals surface area contributed by atoms with E-state index in [1.807, 2.05) is 18.2 Å². The summed E-state index contributed by atoms with van der Waals surface area (Å²) >= 11 is 17.6. The van der Waals surface area contributed by atoms with Crippen LogP contribution < -0.4 is 5.32 Å². The quantitative estimate of drug-likeness (QED) is 0.810. The zero-order chi connectivity index (χ0) is 16.2. The summed E-state index contributed by atoms with van der Waals surface area (Å²) in [7, 11) is 0. The molecule has 0 aromatic heterocycles. The van der Waals surface area contributed by atoms with E-state index < -0.39 is 0 Å². The SMILES string of the molecule is S=C(NC1CCCC1)N1CCN(Cc2ccc(Cl)c(Cl)c2)CC1. The molecule has 1 aliphatic heterocycles. The number of halogens is 2. The van der Waals surface area contributed by atoms with Gasteiger partial charge < -0.3 is 10.2 Å². The van der Waals surface area contributed by atoms with Gasteiger partial charge in [-0.3, -0.25) is 4.90 Å². The molecule has 0 bridgehead atoms. The Kier molecular flexibility index (Phi) is 6.02. The van der Waals surface area contributed by atoms with Crippen LogP contribution in [0, 0.1) is 0 Å². The summed E-state index contributed by atoms with van der Waals surface area (Å²) in [6.07, 6.45) is 5.18. The number of benzene rings is 1. The largest absolute Gasteiger partial charge is 0.360 e. The minimum atomic E-state index is 0.594. The summed E-state index contributed by atoms with van der Waals surface area (Å²) in [6, 6.07) is 6.47. The van der Waals surface area contributed by atoms with Crippen LogP contribution in [-0.2, 0) is 6.54 Å². The van der Waals surface area contributed by atoms with Gasteiger partial charge in [0.2, 0.25) is 0 Å². The van der Waals surface area contributed by atoms with Crippen molar-refractivity contribution in [3.63, 3.8) is 0 Å². The predicted octanol–water partition coefficient (Wildman–Crippen LogP) is 3.93. The number of nitrogens with zero attached hydrogens (tertiary/aromatic N) is 2. The highest BCUT2D eigenvalue weighted by atomic mass is 35.5. The second-order valence-electron chi connectivity index (χ2n) is 6.44. The molecule has 2 aliphatic rings. The number of rotatable bonds is 3. The summed E-state index contributed by atoms with van der Waals surface area (Å²) in [5.74, 6) is 0. The Balaban J connectivity index is 1.46. The van der Waals surface area contributed by atoms with Crippen molar-refractivity contribution in [3.05, 3.63) is 33.8 Å². The molecule has 0 spiro atoms. The van der Waals surface area contributed by atoms with Gasteiger partial charge in [0.15, 0.2) is 5.11 Å². The molecule has 23 heavy (non-hydrogen) atoms. The lowest BCUT2D eigenvalue weighted by molar-refractivity contribution is 0.174. The molecule has 1 aromatic carbocycles. The lowest BCUT2D eigenvalue weighted by Gasteiger charge is -2.37. The predicted molar refractivity (Wildman–Crippen MR) is 101 cm³/mol. The minimum Gasteiger partial charge on any atom is -0.360 e. The van der Waals surface area contributed by atoms with Crippen LogP contribution in [0.3, 0.4) is 0 Å². The van der Waals surface area contributed by atoms with Gasteiger partial charge in [0.1, 0.15) is 0 Å². The van der Waals surface area contributed by atoms with Crippen molar-refractivity contribution in [2.45, 2.75) is 38.3 Å². The normalized spacial score (nSPS) is 20.0. The van der Waals surface area contributed by atoms with Crippen molar-refractivity contribution in [2.24, 2.45) is 0 Å². The maximum atomic E-state index is 6.09. The van der Waals surface area contributed by atoms with Gasteiger partial charge in [-0.2, -0.15) is 0 Å². The van der Waals surface area contributed by atoms with E-state index in [-0.39, 0.29) is 0 Å². The molecular weight excluding hydrogens is 349 g/mol. The highest BCUT2D eigenvalue weighted by Crippen LogP contribution is 2.23. The molecule has 1 aromatic rings. The molecule has 126 valence electrons. The van der Waals surface area contributed by atoms with Gasteiger partial charge in [-0.1, -0.05) is 42.1 Å². The van der Waals surface area contributed by atoms with Gasteiger partial charge in [0, 0.05) is 38.8 Å². The summed E-state index contributed by atoms with van der Waals surface area (Å²) in [6.45, 7) is 4.92. The van der Waals surface area contributed by atoms with Crippen LogP contribution in [0.1, 0.15) is 31.2 Å². The molecule has 0 radical (unpaired) electrons. The van der Waals surface area contributed by atoms with E-state index >= 15 is 0 Å². The second-order valence-corrected chi connectivity index (χ2v) is 7.64. The fourth-order valence-corrected chi connectivity index (χ4v) is 4.01. The van der Waals surface area contributed by atoms with E-state index in [0.717, 1.165) is 37.8 Å². The smallest absolute Gasteiger partial charge is 0.169 e. The number of piperazine rings is 1. The van der Waals surface area contributed by atoms with E-state index in [1.165, 1.54) is 31.2 Å². The van der Waals surface area contributed by atoms with Crippen molar-refractivity contribution >= 4 is 40.5 Å². The average Bonchev–Trinajstić information content (AvgIpc) is 3.04. The van der Waals surface area contributed by atoms with Crippen molar-refractivity contribution in [3.8, 4) is 0 Å². The third-order valence-corrected chi connectivity index (χ3v) is 5.85. The maximum Gasteiger partial charge on any atom is 0.169 e. The standard InChI is InChI=1S/C17H23Cl2N3S/c18-15-6-5-13(11-16(15)19)12-21-7-9-22(10-8-21)17(23)20-14-3-1-2-4-14/h5-6,11,14H,1-4,7-10,12H2,(H,20,23). The first-order chi connectivity index (χ1) is 11.1. The first kappa shape index (κ1) is 17.3. The second kappa shape index (κ2) is 8.02. The number of hydrogen-bond donors (Lipinski definition) is 1. The minimum absolute atomic E-state index is 0.594. The average molecular weight is 372 g/mol. The number of thiocarbonyl (C=S) groups is 1. The van der Waals surface area contributed by atoms with Crippen molar-refractivity contribution in [2.75, 3.05) is 26.2 Å². The highest BCUT2D eigenvalue weighted by molar-refractivity contribution is 7.80. The van der Waals surface area contributed by atoms with Crippen LogP contribution in [0.4, 0.5) is 0 Å². The summed E-state index contributed by atoms with van der Waals surface area (Å²) < 4.78 is 0. The summed E-state index contributed by atoms with van der Waals surface area (Å²) in [5.41, 5.74) is 1.21. The van der Waals surface area contributed by atoms with Gasteiger partial charge >= 0.3 is 0 Å².